The molecular formula is C20H18F6N2O2. The van der Waals surface area contributed by atoms with E-state index in [1.54, 1.807) is 30.3 Å². The number of nitrogens with one attached hydrogen (secondary N) is 1. The molecule has 0 spiro atoms. The number of piperidine rings is 1. The third kappa shape index (κ3) is 4.80. The number of carbonyl (C=O) groups is 1. The van der Waals surface area contributed by atoms with Gasteiger partial charge in [-0.1, -0.05) is 30.3 Å². The summed E-state index contributed by atoms with van der Waals surface area (Å²) in [6.07, 6.45) is -11.3. The number of anilines is 1. The van der Waals surface area contributed by atoms with Crippen molar-refractivity contribution in [1.29, 1.82) is 0 Å². The Hall–Kier alpha value is -2.91. The molecular weight excluding hydrogens is 414 g/mol. The molecule has 30 heavy (non-hydrogen) atoms. The van der Waals surface area contributed by atoms with Crippen LogP contribution in [0.4, 0.5) is 36.8 Å². The Bertz CT molecular complexity index is 866. The SMILES string of the molecule is O=C(O)N1CCCC(c2ccccc2)C1Nc1cc(C(F)(F)F)cc(C(F)(F)F)c1. The number of halogens is 6. The van der Waals surface area contributed by atoms with Gasteiger partial charge in [-0.3, -0.25) is 4.90 Å². The van der Waals surface area contributed by atoms with Crippen molar-refractivity contribution in [3.63, 3.8) is 0 Å². The van der Waals surface area contributed by atoms with Crippen molar-refractivity contribution in [2.24, 2.45) is 0 Å². The molecule has 1 fully saturated rings. The molecule has 10 heteroatoms. The molecule has 0 aromatic heterocycles. The second kappa shape index (κ2) is 8.08. The Morgan fingerprint density at radius 1 is 0.967 bits per heavy atom. The smallest absolute Gasteiger partial charge is 0.416 e. The van der Waals surface area contributed by atoms with E-state index >= 15 is 0 Å². The first kappa shape index (κ1) is 21.8. The summed E-state index contributed by atoms with van der Waals surface area (Å²) in [6.45, 7) is 0.113. The summed E-state index contributed by atoms with van der Waals surface area (Å²) in [7, 11) is 0. The molecule has 162 valence electrons. The van der Waals surface area contributed by atoms with Crippen molar-refractivity contribution in [2.75, 3.05) is 11.9 Å². The third-order valence-electron chi connectivity index (χ3n) is 5.01. The molecule has 0 radical (unpaired) electrons. The highest BCUT2D eigenvalue weighted by molar-refractivity contribution is 5.67. The normalized spacial score (nSPS) is 20.1. The molecule has 1 aliphatic rings. The Kier molecular flexibility index (Phi) is 5.87. The number of nitrogens with zero attached hydrogens (tertiary/aromatic N) is 1. The largest absolute Gasteiger partial charge is 0.465 e. The van der Waals surface area contributed by atoms with Gasteiger partial charge >= 0.3 is 18.4 Å². The van der Waals surface area contributed by atoms with Gasteiger partial charge in [0, 0.05) is 18.2 Å². The van der Waals surface area contributed by atoms with Crippen molar-refractivity contribution in [1.82, 2.24) is 4.90 Å². The van der Waals surface area contributed by atoms with E-state index in [0.29, 0.717) is 25.0 Å². The van der Waals surface area contributed by atoms with Crippen molar-refractivity contribution >= 4 is 11.8 Å². The summed E-state index contributed by atoms with van der Waals surface area (Å²) in [4.78, 5) is 12.7. The zero-order chi connectivity index (χ0) is 22.1. The summed E-state index contributed by atoms with van der Waals surface area (Å²) < 4.78 is 79.0. The van der Waals surface area contributed by atoms with Gasteiger partial charge in [-0.05, 0) is 36.6 Å². The maximum absolute atomic E-state index is 13.2. The molecule has 0 aliphatic carbocycles. The van der Waals surface area contributed by atoms with Crippen molar-refractivity contribution in [3.05, 3.63) is 65.2 Å². The van der Waals surface area contributed by atoms with E-state index in [4.69, 9.17) is 0 Å². The van der Waals surface area contributed by atoms with Crippen molar-refractivity contribution in [2.45, 2.75) is 37.3 Å². The molecule has 2 N–H and O–H groups in total. The number of hydrogen-bond donors (Lipinski definition) is 2. The molecule has 4 nitrogen and oxygen atoms in total. The van der Waals surface area contributed by atoms with Crippen LogP contribution in [0.1, 0.15) is 35.4 Å². The molecule has 1 aliphatic heterocycles. The van der Waals surface area contributed by atoms with Gasteiger partial charge in [-0.25, -0.2) is 4.79 Å². The predicted molar refractivity (Wildman–Crippen MR) is 97.0 cm³/mol. The topological polar surface area (TPSA) is 52.6 Å². The maximum Gasteiger partial charge on any atom is 0.416 e. The monoisotopic (exact) mass is 432 g/mol. The van der Waals surface area contributed by atoms with Crippen LogP contribution in [-0.4, -0.2) is 28.8 Å². The minimum absolute atomic E-state index is 0.0374. The summed E-state index contributed by atoms with van der Waals surface area (Å²) in [6, 6.07) is 9.88. The average Bonchev–Trinajstić information content (AvgIpc) is 2.67. The number of likely N-dealkylation sites (tertiary alicyclic amines) is 1. The first-order valence-corrected chi connectivity index (χ1v) is 9.07. The number of rotatable bonds is 3. The van der Waals surface area contributed by atoms with Crippen LogP contribution < -0.4 is 5.32 Å². The highest BCUT2D eigenvalue weighted by Gasteiger charge is 2.39. The molecule has 2 unspecified atom stereocenters. The Morgan fingerprint density at radius 3 is 2.03 bits per heavy atom. The minimum atomic E-state index is -4.99. The molecule has 0 saturated carbocycles. The molecule has 1 saturated heterocycles. The fraction of sp³-hybridized carbons (Fsp3) is 0.350. The van der Waals surface area contributed by atoms with Crippen LogP contribution in [0.15, 0.2) is 48.5 Å². The lowest BCUT2D eigenvalue weighted by molar-refractivity contribution is -0.143. The van der Waals surface area contributed by atoms with Gasteiger partial charge in [-0.15, -0.1) is 0 Å². The maximum atomic E-state index is 13.2. The lowest BCUT2D eigenvalue weighted by Gasteiger charge is -2.41. The lowest BCUT2D eigenvalue weighted by Crippen LogP contribution is -2.51. The number of amides is 1. The van der Waals surface area contributed by atoms with Crippen LogP contribution in [0, 0.1) is 0 Å². The van der Waals surface area contributed by atoms with Gasteiger partial charge < -0.3 is 10.4 Å². The number of carboxylic acid groups (broad SMARTS) is 1. The van der Waals surface area contributed by atoms with E-state index in [-0.39, 0.29) is 12.6 Å². The van der Waals surface area contributed by atoms with E-state index < -0.39 is 47.3 Å². The van der Waals surface area contributed by atoms with E-state index in [0.717, 1.165) is 10.5 Å². The zero-order valence-corrected chi connectivity index (χ0v) is 15.5. The Balaban J connectivity index is 2.04. The molecule has 1 heterocycles. The van der Waals surface area contributed by atoms with Crippen LogP contribution >= 0.6 is 0 Å². The third-order valence-corrected chi connectivity index (χ3v) is 5.01. The Morgan fingerprint density at radius 2 is 1.53 bits per heavy atom. The second-order valence-corrected chi connectivity index (χ2v) is 7.02. The van der Waals surface area contributed by atoms with Crippen LogP contribution in [0.25, 0.3) is 0 Å². The summed E-state index contributed by atoms with van der Waals surface area (Å²) in [5.41, 5.74) is -2.64. The average molecular weight is 432 g/mol. The van der Waals surface area contributed by atoms with Crippen LogP contribution in [0.2, 0.25) is 0 Å². The van der Waals surface area contributed by atoms with Crippen molar-refractivity contribution in [3.8, 4) is 0 Å². The summed E-state index contributed by atoms with van der Waals surface area (Å²) in [5.74, 6) is -0.445. The van der Waals surface area contributed by atoms with Crippen LogP contribution in [0.5, 0.6) is 0 Å². The van der Waals surface area contributed by atoms with E-state index in [2.05, 4.69) is 5.32 Å². The second-order valence-electron chi connectivity index (χ2n) is 7.02. The fourth-order valence-electron chi connectivity index (χ4n) is 3.65. The predicted octanol–water partition coefficient (Wildman–Crippen LogP) is 6.02. The standard InChI is InChI=1S/C20H18F6N2O2/c21-19(22,23)13-9-14(20(24,25)26)11-15(10-13)27-17-16(12-5-2-1-3-6-12)7-4-8-28(17)18(29)30/h1-3,5-6,9-11,16-17,27H,4,7-8H2,(H,29,30). The zero-order valence-electron chi connectivity index (χ0n) is 15.5. The minimum Gasteiger partial charge on any atom is -0.465 e. The van der Waals surface area contributed by atoms with Gasteiger partial charge in [0.1, 0.15) is 6.17 Å². The molecule has 3 rings (SSSR count). The summed E-state index contributed by atoms with van der Waals surface area (Å²) >= 11 is 0. The molecule has 2 aromatic rings. The van der Waals surface area contributed by atoms with Gasteiger partial charge in [-0.2, -0.15) is 26.3 Å². The van der Waals surface area contributed by atoms with Gasteiger partial charge in [0.25, 0.3) is 0 Å². The molecule has 0 bridgehead atoms. The van der Waals surface area contributed by atoms with Gasteiger partial charge in [0.15, 0.2) is 0 Å². The van der Waals surface area contributed by atoms with E-state index in [1.165, 1.54) is 0 Å². The number of benzene rings is 2. The van der Waals surface area contributed by atoms with Crippen molar-refractivity contribution < 1.29 is 36.2 Å². The first-order valence-electron chi connectivity index (χ1n) is 9.07. The van der Waals surface area contributed by atoms with Gasteiger partial charge in [0.05, 0.1) is 11.1 Å². The van der Waals surface area contributed by atoms with E-state index in [1.807, 2.05) is 0 Å². The molecule has 1 amide bonds. The van der Waals surface area contributed by atoms with Gasteiger partial charge in [0.2, 0.25) is 0 Å². The van der Waals surface area contributed by atoms with E-state index in [9.17, 15) is 36.2 Å². The molecule has 2 atom stereocenters. The number of hydrogen-bond acceptors (Lipinski definition) is 2. The quantitative estimate of drug-likeness (QED) is 0.584. The first-order chi connectivity index (χ1) is 14.0. The van der Waals surface area contributed by atoms with Crippen LogP contribution in [-0.2, 0) is 12.4 Å². The number of alkyl halides is 6. The summed E-state index contributed by atoms with van der Waals surface area (Å²) in [5, 5.41) is 12.2. The highest BCUT2D eigenvalue weighted by Crippen LogP contribution is 2.39. The molecule has 2 aromatic carbocycles. The fourth-order valence-corrected chi connectivity index (χ4v) is 3.65. The van der Waals surface area contributed by atoms with Crippen LogP contribution in [0.3, 0.4) is 0 Å². The highest BCUT2D eigenvalue weighted by atomic mass is 19.4. The Labute approximate surface area is 168 Å². The lowest BCUT2D eigenvalue weighted by atomic mass is 9.87.